The maximum absolute atomic E-state index is 12.1. The van der Waals surface area contributed by atoms with Crippen LogP contribution in [0.25, 0.3) is 0 Å². The minimum Gasteiger partial charge on any atom is -0.352 e. The highest BCUT2D eigenvalue weighted by atomic mass is 35.5. The first-order chi connectivity index (χ1) is 9.50. The average molecular weight is 337 g/mol. The molecule has 0 aromatic rings. The molecule has 0 spiro atoms. The number of piperidine rings is 1. The van der Waals surface area contributed by atoms with Gasteiger partial charge in [0.05, 0.1) is 11.5 Å². The van der Waals surface area contributed by atoms with Crippen LogP contribution in [0.1, 0.15) is 44.9 Å². The topological polar surface area (TPSA) is 75.3 Å². The molecular formula is C14H25ClN2O3S. The predicted octanol–water partition coefficient (Wildman–Crippen LogP) is 1.02. The summed E-state index contributed by atoms with van der Waals surface area (Å²) in [5.74, 6) is 0.903. The molecule has 1 amide bonds. The van der Waals surface area contributed by atoms with E-state index in [1.165, 1.54) is 12.8 Å². The Morgan fingerprint density at radius 2 is 1.81 bits per heavy atom. The summed E-state index contributed by atoms with van der Waals surface area (Å²) in [6.45, 7) is 0. The molecule has 122 valence electrons. The number of sulfone groups is 1. The van der Waals surface area contributed by atoms with Crippen LogP contribution in [0.2, 0.25) is 0 Å². The minimum atomic E-state index is -2.94. The molecule has 3 atom stereocenters. The SMILES string of the molecule is Cl.O=C(CC1CC2CCC(C1)N2)NC1CCCS(=O)(=O)C1. The lowest BCUT2D eigenvalue weighted by molar-refractivity contribution is -0.122. The van der Waals surface area contributed by atoms with E-state index < -0.39 is 9.84 Å². The summed E-state index contributed by atoms with van der Waals surface area (Å²) in [5.41, 5.74) is 0. The standard InChI is InChI=1S/C14H24N2O3S.ClH/c17-14(16-13-2-1-5-20(18,19)9-13)8-10-6-11-3-4-12(7-10)15-11;/h10-13,15H,1-9H2,(H,16,17);1H. The molecule has 3 aliphatic heterocycles. The molecule has 2 N–H and O–H groups in total. The zero-order valence-electron chi connectivity index (χ0n) is 12.2. The summed E-state index contributed by atoms with van der Waals surface area (Å²) >= 11 is 0. The van der Waals surface area contributed by atoms with Gasteiger partial charge in [-0.05, 0) is 44.4 Å². The van der Waals surface area contributed by atoms with Gasteiger partial charge in [-0.15, -0.1) is 12.4 Å². The maximum Gasteiger partial charge on any atom is 0.220 e. The minimum absolute atomic E-state index is 0. The van der Waals surface area contributed by atoms with Crippen molar-refractivity contribution in [1.29, 1.82) is 0 Å². The highest BCUT2D eigenvalue weighted by molar-refractivity contribution is 7.91. The van der Waals surface area contributed by atoms with E-state index in [1.807, 2.05) is 0 Å². The van der Waals surface area contributed by atoms with Crippen LogP contribution in [-0.2, 0) is 14.6 Å². The van der Waals surface area contributed by atoms with Gasteiger partial charge < -0.3 is 10.6 Å². The van der Waals surface area contributed by atoms with Crippen molar-refractivity contribution >= 4 is 28.2 Å². The van der Waals surface area contributed by atoms with E-state index in [4.69, 9.17) is 0 Å². The van der Waals surface area contributed by atoms with Gasteiger partial charge in [0.15, 0.2) is 9.84 Å². The van der Waals surface area contributed by atoms with Gasteiger partial charge in [0.1, 0.15) is 0 Å². The number of carbonyl (C=O) groups is 1. The largest absolute Gasteiger partial charge is 0.352 e. The fraction of sp³-hybridized carbons (Fsp3) is 0.929. The lowest BCUT2D eigenvalue weighted by Crippen LogP contribution is -2.45. The van der Waals surface area contributed by atoms with Gasteiger partial charge in [-0.2, -0.15) is 0 Å². The second-order valence-electron chi connectivity index (χ2n) is 6.70. The number of halogens is 1. The number of amides is 1. The smallest absolute Gasteiger partial charge is 0.220 e. The second kappa shape index (κ2) is 6.84. The van der Waals surface area contributed by atoms with Gasteiger partial charge in [0.2, 0.25) is 5.91 Å². The molecule has 3 unspecified atom stereocenters. The number of rotatable bonds is 3. The van der Waals surface area contributed by atoms with Crippen molar-refractivity contribution in [3.63, 3.8) is 0 Å². The summed E-state index contributed by atoms with van der Waals surface area (Å²) in [7, 11) is -2.94. The van der Waals surface area contributed by atoms with Crippen molar-refractivity contribution in [1.82, 2.24) is 10.6 Å². The van der Waals surface area contributed by atoms with E-state index in [0.717, 1.165) is 19.3 Å². The molecule has 3 rings (SSSR count). The van der Waals surface area contributed by atoms with E-state index in [9.17, 15) is 13.2 Å². The first-order valence-electron chi connectivity index (χ1n) is 7.76. The lowest BCUT2D eigenvalue weighted by atomic mass is 9.89. The summed E-state index contributed by atoms with van der Waals surface area (Å²) < 4.78 is 23.1. The maximum atomic E-state index is 12.1. The number of carbonyl (C=O) groups excluding carboxylic acids is 1. The molecule has 0 saturated carbocycles. The number of nitrogens with one attached hydrogen (secondary N) is 2. The van der Waals surface area contributed by atoms with Gasteiger partial charge in [0.25, 0.3) is 0 Å². The quantitative estimate of drug-likeness (QED) is 0.807. The molecule has 7 heteroatoms. The van der Waals surface area contributed by atoms with E-state index in [1.54, 1.807) is 0 Å². The zero-order valence-corrected chi connectivity index (χ0v) is 13.8. The Morgan fingerprint density at radius 1 is 1.14 bits per heavy atom. The molecular weight excluding hydrogens is 312 g/mol. The summed E-state index contributed by atoms with van der Waals surface area (Å²) in [6, 6.07) is 1.03. The molecule has 5 nitrogen and oxygen atoms in total. The van der Waals surface area contributed by atoms with Crippen molar-refractivity contribution in [2.24, 2.45) is 5.92 Å². The zero-order chi connectivity index (χ0) is 14.2. The molecule has 3 saturated heterocycles. The van der Waals surface area contributed by atoms with E-state index in [0.29, 0.717) is 30.8 Å². The average Bonchev–Trinajstić information content (AvgIpc) is 2.67. The molecule has 0 aromatic carbocycles. The van der Waals surface area contributed by atoms with E-state index >= 15 is 0 Å². The molecule has 21 heavy (non-hydrogen) atoms. The van der Waals surface area contributed by atoms with Gasteiger partial charge in [-0.3, -0.25) is 4.79 Å². The Balaban J connectivity index is 0.00000161. The lowest BCUT2D eigenvalue weighted by Gasteiger charge is -2.29. The molecule has 0 aromatic heterocycles. The predicted molar refractivity (Wildman–Crippen MR) is 84.4 cm³/mol. The fourth-order valence-electron chi connectivity index (χ4n) is 4.03. The normalized spacial score (nSPS) is 37.5. The molecule has 0 aliphatic carbocycles. The Bertz CT molecular complexity index is 471. The van der Waals surface area contributed by atoms with Crippen molar-refractivity contribution in [2.45, 2.75) is 63.1 Å². The highest BCUT2D eigenvalue weighted by Crippen LogP contribution is 2.32. The number of hydrogen-bond acceptors (Lipinski definition) is 4. The first-order valence-corrected chi connectivity index (χ1v) is 9.58. The number of fused-ring (bicyclic) bond motifs is 2. The van der Waals surface area contributed by atoms with Crippen molar-refractivity contribution in [2.75, 3.05) is 11.5 Å². The Labute approximate surface area is 133 Å². The van der Waals surface area contributed by atoms with Gasteiger partial charge in [0, 0.05) is 24.5 Å². The van der Waals surface area contributed by atoms with E-state index in [2.05, 4.69) is 10.6 Å². The highest BCUT2D eigenvalue weighted by Gasteiger charge is 2.34. The molecule has 3 fully saturated rings. The van der Waals surface area contributed by atoms with Crippen LogP contribution in [0.4, 0.5) is 0 Å². The third kappa shape index (κ3) is 4.57. The van der Waals surface area contributed by atoms with Crippen LogP contribution in [0.5, 0.6) is 0 Å². The third-order valence-corrected chi connectivity index (χ3v) is 6.69. The fourth-order valence-corrected chi connectivity index (χ4v) is 5.66. The summed E-state index contributed by atoms with van der Waals surface area (Å²) in [4.78, 5) is 12.1. The summed E-state index contributed by atoms with van der Waals surface area (Å²) in [6.07, 6.45) is 6.69. The van der Waals surface area contributed by atoms with Crippen LogP contribution in [0.3, 0.4) is 0 Å². The van der Waals surface area contributed by atoms with Crippen molar-refractivity contribution in [3.05, 3.63) is 0 Å². The summed E-state index contributed by atoms with van der Waals surface area (Å²) in [5, 5.41) is 6.51. The van der Waals surface area contributed by atoms with Gasteiger partial charge >= 0.3 is 0 Å². The Kier molecular flexibility index (Phi) is 5.54. The first kappa shape index (κ1) is 17.0. The third-order valence-electron chi connectivity index (χ3n) is 4.87. The van der Waals surface area contributed by atoms with Crippen molar-refractivity contribution < 1.29 is 13.2 Å². The van der Waals surface area contributed by atoms with Crippen LogP contribution in [0.15, 0.2) is 0 Å². The van der Waals surface area contributed by atoms with Gasteiger partial charge in [-0.25, -0.2) is 8.42 Å². The molecule has 2 bridgehead atoms. The number of hydrogen-bond donors (Lipinski definition) is 2. The molecule has 3 heterocycles. The van der Waals surface area contributed by atoms with E-state index in [-0.39, 0.29) is 35.9 Å². The van der Waals surface area contributed by atoms with Crippen LogP contribution in [-0.4, -0.2) is 44.0 Å². The van der Waals surface area contributed by atoms with Crippen LogP contribution in [0, 0.1) is 5.92 Å². The van der Waals surface area contributed by atoms with Crippen molar-refractivity contribution in [3.8, 4) is 0 Å². The Hall–Kier alpha value is -0.330. The van der Waals surface area contributed by atoms with Gasteiger partial charge in [-0.1, -0.05) is 0 Å². The van der Waals surface area contributed by atoms with Crippen LogP contribution < -0.4 is 10.6 Å². The monoisotopic (exact) mass is 336 g/mol. The Morgan fingerprint density at radius 3 is 2.43 bits per heavy atom. The molecule has 0 radical (unpaired) electrons. The molecule has 3 aliphatic rings. The second-order valence-corrected chi connectivity index (χ2v) is 8.93. The van der Waals surface area contributed by atoms with Crippen LogP contribution >= 0.6 is 12.4 Å².